The van der Waals surface area contributed by atoms with Crippen molar-refractivity contribution in [1.82, 2.24) is 9.55 Å². The summed E-state index contributed by atoms with van der Waals surface area (Å²) in [5.41, 5.74) is 2.24. The van der Waals surface area contributed by atoms with Gasteiger partial charge in [-0.15, -0.1) is 0 Å². The number of imidazole rings is 1. The topological polar surface area (TPSA) is 29.9 Å². The van der Waals surface area contributed by atoms with Gasteiger partial charge in [0, 0.05) is 24.3 Å². The first-order chi connectivity index (χ1) is 9.04. The molecule has 2 aromatic rings. The van der Waals surface area contributed by atoms with Crippen LogP contribution in [0.3, 0.4) is 0 Å². The number of halogens is 1. The van der Waals surface area contributed by atoms with Crippen molar-refractivity contribution >= 4 is 17.5 Å². The van der Waals surface area contributed by atoms with E-state index in [1.54, 1.807) is 0 Å². The fourth-order valence-corrected chi connectivity index (χ4v) is 2.13. The molecular weight excluding hydrogens is 258 g/mol. The van der Waals surface area contributed by atoms with Gasteiger partial charge in [-0.1, -0.05) is 37.6 Å². The summed E-state index contributed by atoms with van der Waals surface area (Å²) < 4.78 is 2.18. The molecule has 0 aliphatic heterocycles. The summed E-state index contributed by atoms with van der Waals surface area (Å²) in [6, 6.07) is 7.87. The number of benzene rings is 1. The predicted octanol–water partition coefficient (Wildman–Crippen LogP) is 4.11. The van der Waals surface area contributed by atoms with Crippen LogP contribution in [-0.2, 0) is 13.1 Å². The van der Waals surface area contributed by atoms with Crippen LogP contribution in [0.4, 0.5) is 5.95 Å². The smallest absolute Gasteiger partial charge is 0.203 e. The van der Waals surface area contributed by atoms with Crippen molar-refractivity contribution in [2.45, 2.75) is 33.9 Å². The second-order valence-electron chi connectivity index (χ2n) is 5.23. The molecule has 2 rings (SSSR count). The van der Waals surface area contributed by atoms with E-state index in [2.05, 4.69) is 34.9 Å². The van der Waals surface area contributed by atoms with Gasteiger partial charge < -0.3 is 9.88 Å². The molecule has 19 heavy (non-hydrogen) atoms. The zero-order valence-corrected chi connectivity index (χ0v) is 12.4. The third kappa shape index (κ3) is 4.00. The second-order valence-corrected chi connectivity index (χ2v) is 5.67. The molecule has 0 atom stereocenters. The number of hydrogen-bond acceptors (Lipinski definition) is 2. The molecule has 4 heteroatoms. The average Bonchev–Trinajstić information content (AvgIpc) is 2.68. The number of hydrogen-bond donors (Lipinski definition) is 1. The Kier molecular flexibility index (Phi) is 4.48. The average molecular weight is 278 g/mol. The lowest BCUT2D eigenvalue weighted by molar-refractivity contribution is 0.526. The summed E-state index contributed by atoms with van der Waals surface area (Å²) in [6.45, 7) is 8.16. The molecule has 0 bridgehead atoms. The van der Waals surface area contributed by atoms with Crippen LogP contribution >= 0.6 is 11.6 Å². The van der Waals surface area contributed by atoms with Crippen LogP contribution in [0.1, 0.15) is 25.1 Å². The Bertz CT molecular complexity index is 529. The standard InChI is InChI=1S/C15H20ClN3/c1-11(2)9-19-10-12(3)18-15(19)17-8-13-4-6-14(16)7-5-13/h4-7,10-11H,8-9H2,1-3H3,(H,17,18). The van der Waals surface area contributed by atoms with Gasteiger partial charge in [0.25, 0.3) is 0 Å². The van der Waals surface area contributed by atoms with Crippen LogP contribution in [0.5, 0.6) is 0 Å². The van der Waals surface area contributed by atoms with Crippen molar-refractivity contribution in [3.8, 4) is 0 Å². The Hall–Kier alpha value is -1.48. The molecule has 0 fully saturated rings. The van der Waals surface area contributed by atoms with Gasteiger partial charge in [0.05, 0.1) is 5.69 Å². The molecule has 0 saturated heterocycles. The zero-order valence-electron chi connectivity index (χ0n) is 11.7. The van der Waals surface area contributed by atoms with Gasteiger partial charge in [-0.3, -0.25) is 0 Å². The molecule has 0 saturated carbocycles. The van der Waals surface area contributed by atoms with E-state index in [9.17, 15) is 0 Å². The molecule has 1 N–H and O–H groups in total. The largest absolute Gasteiger partial charge is 0.352 e. The molecule has 3 nitrogen and oxygen atoms in total. The lowest BCUT2D eigenvalue weighted by Crippen LogP contribution is -2.10. The normalized spacial score (nSPS) is 11.0. The minimum Gasteiger partial charge on any atom is -0.352 e. The third-order valence-electron chi connectivity index (χ3n) is 2.82. The van der Waals surface area contributed by atoms with Gasteiger partial charge in [-0.25, -0.2) is 4.98 Å². The number of nitrogens with zero attached hydrogens (tertiary/aromatic N) is 2. The summed E-state index contributed by atoms with van der Waals surface area (Å²) in [7, 11) is 0. The van der Waals surface area contributed by atoms with E-state index in [-0.39, 0.29) is 0 Å². The minimum absolute atomic E-state index is 0.602. The molecule has 0 spiro atoms. The first-order valence-corrected chi connectivity index (χ1v) is 6.94. The molecule has 1 heterocycles. The first-order valence-electron chi connectivity index (χ1n) is 6.56. The van der Waals surface area contributed by atoms with Crippen LogP contribution < -0.4 is 5.32 Å². The van der Waals surface area contributed by atoms with Crippen molar-refractivity contribution in [3.63, 3.8) is 0 Å². The lowest BCUT2D eigenvalue weighted by Gasteiger charge is -2.11. The van der Waals surface area contributed by atoms with Crippen LogP contribution in [0.2, 0.25) is 5.02 Å². The van der Waals surface area contributed by atoms with Crippen LogP contribution in [-0.4, -0.2) is 9.55 Å². The van der Waals surface area contributed by atoms with Crippen molar-refractivity contribution < 1.29 is 0 Å². The van der Waals surface area contributed by atoms with Crippen LogP contribution in [0.25, 0.3) is 0 Å². The number of aryl methyl sites for hydroxylation is 1. The molecule has 0 aliphatic carbocycles. The number of nitrogens with one attached hydrogen (secondary N) is 1. The molecular formula is C15H20ClN3. The highest BCUT2D eigenvalue weighted by atomic mass is 35.5. The van der Waals surface area contributed by atoms with Gasteiger partial charge in [0.15, 0.2) is 0 Å². The zero-order chi connectivity index (χ0) is 13.8. The fraction of sp³-hybridized carbons (Fsp3) is 0.400. The Morgan fingerprint density at radius 1 is 1.26 bits per heavy atom. The monoisotopic (exact) mass is 277 g/mol. The molecule has 102 valence electrons. The quantitative estimate of drug-likeness (QED) is 0.891. The maximum Gasteiger partial charge on any atom is 0.203 e. The van der Waals surface area contributed by atoms with Crippen molar-refractivity contribution in [3.05, 3.63) is 46.7 Å². The third-order valence-corrected chi connectivity index (χ3v) is 3.07. The van der Waals surface area contributed by atoms with E-state index in [4.69, 9.17) is 11.6 Å². The maximum absolute atomic E-state index is 5.88. The van der Waals surface area contributed by atoms with Gasteiger partial charge in [-0.05, 0) is 30.5 Å². The van der Waals surface area contributed by atoms with Gasteiger partial charge in [0.2, 0.25) is 5.95 Å². The van der Waals surface area contributed by atoms with E-state index in [1.165, 1.54) is 5.56 Å². The molecule has 0 amide bonds. The fourth-order valence-electron chi connectivity index (χ4n) is 2.00. The minimum atomic E-state index is 0.602. The van der Waals surface area contributed by atoms with Gasteiger partial charge in [-0.2, -0.15) is 0 Å². The Morgan fingerprint density at radius 2 is 1.95 bits per heavy atom. The molecule has 0 radical (unpaired) electrons. The Morgan fingerprint density at radius 3 is 2.58 bits per heavy atom. The number of aromatic nitrogens is 2. The maximum atomic E-state index is 5.88. The summed E-state index contributed by atoms with van der Waals surface area (Å²) in [5, 5.41) is 4.15. The van der Waals surface area contributed by atoms with Crippen molar-refractivity contribution in [2.24, 2.45) is 5.92 Å². The highest BCUT2D eigenvalue weighted by molar-refractivity contribution is 6.30. The molecule has 1 aromatic heterocycles. The number of rotatable bonds is 5. The van der Waals surface area contributed by atoms with E-state index in [1.807, 2.05) is 31.2 Å². The van der Waals surface area contributed by atoms with E-state index >= 15 is 0 Å². The van der Waals surface area contributed by atoms with Crippen LogP contribution in [0, 0.1) is 12.8 Å². The number of anilines is 1. The molecule has 1 aromatic carbocycles. The molecule has 0 unspecified atom stereocenters. The molecule has 0 aliphatic rings. The Balaban J connectivity index is 2.04. The van der Waals surface area contributed by atoms with E-state index < -0.39 is 0 Å². The Labute approximate surface area is 119 Å². The highest BCUT2D eigenvalue weighted by Gasteiger charge is 2.06. The predicted molar refractivity (Wildman–Crippen MR) is 80.6 cm³/mol. The lowest BCUT2D eigenvalue weighted by atomic mass is 10.2. The van der Waals surface area contributed by atoms with Crippen LogP contribution in [0.15, 0.2) is 30.5 Å². The van der Waals surface area contributed by atoms with Gasteiger partial charge >= 0.3 is 0 Å². The van der Waals surface area contributed by atoms with Crippen molar-refractivity contribution in [2.75, 3.05) is 5.32 Å². The first kappa shape index (κ1) is 13.9. The summed E-state index contributed by atoms with van der Waals surface area (Å²) >= 11 is 5.88. The second kappa shape index (κ2) is 6.11. The van der Waals surface area contributed by atoms with Gasteiger partial charge in [0.1, 0.15) is 0 Å². The summed E-state index contributed by atoms with van der Waals surface area (Å²) in [6.07, 6.45) is 2.09. The highest BCUT2D eigenvalue weighted by Crippen LogP contribution is 2.14. The SMILES string of the molecule is Cc1cn(CC(C)C)c(NCc2ccc(Cl)cc2)n1. The van der Waals surface area contributed by atoms with E-state index in [0.717, 1.165) is 29.8 Å². The summed E-state index contributed by atoms with van der Waals surface area (Å²) in [4.78, 5) is 4.52. The summed E-state index contributed by atoms with van der Waals surface area (Å²) in [5.74, 6) is 1.53. The van der Waals surface area contributed by atoms with Crippen molar-refractivity contribution in [1.29, 1.82) is 0 Å². The van der Waals surface area contributed by atoms with E-state index in [0.29, 0.717) is 5.92 Å².